The first-order chi connectivity index (χ1) is 13.2. The van der Waals surface area contributed by atoms with Crippen molar-refractivity contribution in [2.45, 2.75) is 25.8 Å². The second-order valence-electron chi connectivity index (χ2n) is 6.78. The summed E-state index contributed by atoms with van der Waals surface area (Å²) in [6.45, 7) is 3.57. The van der Waals surface area contributed by atoms with E-state index in [2.05, 4.69) is 45.3 Å². The number of pyridine rings is 1. The normalized spacial score (nSPS) is 16.1. The maximum atomic E-state index is 5.74. The largest absolute Gasteiger partial charge is 0.493 e. The monoisotopic (exact) mass is 491 g/mol. The Hall–Kier alpha value is -2.29. The summed E-state index contributed by atoms with van der Waals surface area (Å²) in [7, 11) is 1.80. The lowest BCUT2D eigenvalue weighted by molar-refractivity contribution is 0.261. The van der Waals surface area contributed by atoms with Crippen LogP contribution in [0.25, 0.3) is 5.65 Å². The smallest absolute Gasteiger partial charge is 0.191 e. The molecule has 0 radical (unpaired) electrons. The number of hydrogen-bond donors (Lipinski definition) is 2. The summed E-state index contributed by atoms with van der Waals surface area (Å²) in [4.78, 5) is 9.10. The minimum atomic E-state index is 0. The van der Waals surface area contributed by atoms with Gasteiger partial charge in [0.25, 0.3) is 0 Å². The van der Waals surface area contributed by atoms with Crippen molar-refractivity contribution in [1.29, 1.82) is 0 Å². The fourth-order valence-electron chi connectivity index (χ4n) is 3.49. The Labute approximate surface area is 182 Å². The molecular formula is C21H26IN5O. The minimum absolute atomic E-state index is 0. The number of rotatable bonds is 4. The van der Waals surface area contributed by atoms with Crippen molar-refractivity contribution < 1.29 is 4.74 Å². The van der Waals surface area contributed by atoms with E-state index in [1.165, 1.54) is 11.1 Å². The molecule has 0 bridgehead atoms. The van der Waals surface area contributed by atoms with Gasteiger partial charge in [-0.15, -0.1) is 24.0 Å². The summed E-state index contributed by atoms with van der Waals surface area (Å²) in [6, 6.07) is 12.5. The third-order valence-electron chi connectivity index (χ3n) is 4.89. The zero-order valence-corrected chi connectivity index (χ0v) is 18.5. The molecule has 1 atom stereocenters. The standard InChI is InChI=1S/C21H25N5O.HI/c1-15-6-5-12-26-14-16(24-20(15)26)9-11-23-21(22-2)25-18-10-13-27-19-8-4-3-7-17(18)19;/h3-8,12,14,18H,9-11,13H2,1-2H3,(H2,22,23,25);1H. The summed E-state index contributed by atoms with van der Waals surface area (Å²) < 4.78 is 7.82. The van der Waals surface area contributed by atoms with E-state index in [0.717, 1.165) is 42.4 Å². The number of nitrogens with one attached hydrogen (secondary N) is 2. The quantitative estimate of drug-likeness (QED) is 0.333. The van der Waals surface area contributed by atoms with Crippen LogP contribution in [0, 0.1) is 6.92 Å². The van der Waals surface area contributed by atoms with Crippen LogP contribution in [0.15, 0.2) is 53.8 Å². The van der Waals surface area contributed by atoms with E-state index in [1.807, 2.05) is 30.5 Å². The second-order valence-corrected chi connectivity index (χ2v) is 6.78. The van der Waals surface area contributed by atoms with Crippen molar-refractivity contribution in [3.63, 3.8) is 0 Å². The van der Waals surface area contributed by atoms with Gasteiger partial charge in [0, 0.05) is 44.4 Å². The number of para-hydroxylation sites is 1. The molecule has 0 saturated carbocycles. The first-order valence-corrected chi connectivity index (χ1v) is 9.36. The van der Waals surface area contributed by atoms with Crippen molar-refractivity contribution in [3.05, 3.63) is 65.6 Å². The van der Waals surface area contributed by atoms with Crippen LogP contribution in [0.4, 0.5) is 0 Å². The van der Waals surface area contributed by atoms with Gasteiger partial charge in [0.15, 0.2) is 5.96 Å². The number of hydrogen-bond acceptors (Lipinski definition) is 3. The molecule has 1 aliphatic heterocycles. The predicted molar refractivity (Wildman–Crippen MR) is 123 cm³/mol. The van der Waals surface area contributed by atoms with E-state index in [4.69, 9.17) is 9.72 Å². The lowest BCUT2D eigenvalue weighted by Gasteiger charge is -2.28. The van der Waals surface area contributed by atoms with Crippen molar-refractivity contribution in [2.24, 2.45) is 4.99 Å². The Morgan fingerprint density at radius 3 is 2.96 bits per heavy atom. The molecule has 28 heavy (non-hydrogen) atoms. The highest BCUT2D eigenvalue weighted by Gasteiger charge is 2.21. The second kappa shape index (κ2) is 9.27. The Morgan fingerprint density at radius 1 is 1.29 bits per heavy atom. The number of fused-ring (bicyclic) bond motifs is 2. The van der Waals surface area contributed by atoms with Gasteiger partial charge in [0.1, 0.15) is 11.4 Å². The number of benzene rings is 1. The highest BCUT2D eigenvalue weighted by molar-refractivity contribution is 14.0. The topological polar surface area (TPSA) is 63.0 Å². The fraction of sp³-hybridized carbons (Fsp3) is 0.333. The van der Waals surface area contributed by atoms with Crippen LogP contribution in [-0.4, -0.2) is 35.5 Å². The number of guanidine groups is 1. The molecule has 2 aromatic heterocycles. The Morgan fingerprint density at radius 2 is 2.14 bits per heavy atom. The van der Waals surface area contributed by atoms with Gasteiger partial charge < -0.3 is 19.8 Å². The summed E-state index contributed by atoms with van der Waals surface area (Å²) in [5.74, 6) is 1.76. The molecule has 1 aromatic carbocycles. The van der Waals surface area contributed by atoms with E-state index < -0.39 is 0 Å². The molecule has 0 fully saturated rings. The third-order valence-corrected chi connectivity index (χ3v) is 4.89. The number of aromatic nitrogens is 2. The molecule has 1 unspecified atom stereocenters. The van der Waals surface area contributed by atoms with E-state index in [0.29, 0.717) is 6.61 Å². The van der Waals surface area contributed by atoms with Crippen LogP contribution < -0.4 is 15.4 Å². The molecule has 7 heteroatoms. The first-order valence-electron chi connectivity index (χ1n) is 9.36. The number of nitrogens with zero attached hydrogens (tertiary/aromatic N) is 3. The highest BCUT2D eigenvalue weighted by Crippen LogP contribution is 2.31. The lowest BCUT2D eigenvalue weighted by Crippen LogP contribution is -2.41. The molecule has 3 heterocycles. The van der Waals surface area contributed by atoms with Gasteiger partial charge in [-0.1, -0.05) is 24.3 Å². The van der Waals surface area contributed by atoms with Gasteiger partial charge in [-0.25, -0.2) is 4.98 Å². The molecule has 0 amide bonds. The van der Waals surface area contributed by atoms with E-state index in [1.54, 1.807) is 7.05 Å². The fourth-order valence-corrected chi connectivity index (χ4v) is 3.49. The van der Waals surface area contributed by atoms with E-state index in [-0.39, 0.29) is 30.0 Å². The first kappa shape index (κ1) is 20.4. The van der Waals surface area contributed by atoms with Crippen molar-refractivity contribution in [2.75, 3.05) is 20.2 Å². The van der Waals surface area contributed by atoms with Gasteiger partial charge >= 0.3 is 0 Å². The summed E-state index contributed by atoms with van der Waals surface area (Å²) in [5.41, 5.74) is 4.47. The molecule has 0 spiro atoms. The average Bonchev–Trinajstić information content (AvgIpc) is 3.12. The summed E-state index contributed by atoms with van der Waals surface area (Å²) in [5, 5.41) is 6.92. The zero-order valence-electron chi connectivity index (χ0n) is 16.2. The van der Waals surface area contributed by atoms with Gasteiger partial charge in [0.05, 0.1) is 18.3 Å². The number of aliphatic imine (C=N–C) groups is 1. The van der Waals surface area contributed by atoms with Gasteiger partial charge in [-0.2, -0.15) is 0 Å². The average molecular weight is 491 g/mol. The number of halogens is 1. The van der Waals surface area contributed by atoms with Crippen LogP contribution in [0.2, 0.25) is 0 Å². The Kier molecular flexibility index (Phi) is 6.77. The van der Waals surface area contributed by atoms with Crippen LogP contribution in [0.5, 0.6) is 5.75 Å². The molecule has 1 aliphatic rings. The van der Waals surface area contributed by atoms with Gasteiger partial charge in [-0.3, -0.25) is 4.99 Å². The van der Waals surface area contributed by atoms with Crippen LogP contribution in [0.1, 0.15) is 29.3 Å². The maximum Gasteiger partial charge on any atom is 0.191 e. The number of imidazole rings is 1. The molecule has 6 nitrogen and oxygen atoms in total. The van der Waals surface area contributed by atoms with Crippen molar-refractivity contribution in [1.82, 2.24) is 20.0 Å². The van der Waals surface area contributed by atoms with E-state index in [9.17, 15) is 0 Å². The van der Waals surface area contributed by atoms with Crippen LogP contribution in [0.3, 0.4) is 0 Å². The molecular weight excluding hydrogens is 465 g/mol. The SMILES string of the molecule is CN=C(NCCc1cn2cccc(C)c2n1)NC1CCOc2ccccc21.I. The Balaban J connectivity index is 0.00000225. The minimum Gasteiger partial charge on any atom is -0.493 e. The van der Waals surface area contributed by atoms with Gasteiger partial charge in [0.2, 0.25) is 0 Å². The zero-order chi connectivity index (χ0) is 18.6. The number of aryl methyl sites for hydroxylation is 1. The third kappa shape index (κ3) is 4.40. The highest BCUT2D eigenvalue weighted by atomic mass is 127. The van der Waals surface area contributed by atoms with Crippen LogP contribution >= 0.6 is 24.0 Å². The van der Waals surface area contributed by atoms with Crippen molar-refractivity contribution >= 4 is 35.6 Å². The molecule has 0 saturated heterocycles. The number of ether oxygens (including phenoxy) is 1. The molecule has 2 N–H and O–H groups in total. The molecule has 4 rings (SSSR count). The molecule has 3 aromatic rings. The Bertz CT molecular complexity index is 968. The van der Waals surface area contributed by atoms with Crippen molar-refractivity contribution in [3.8, 4) is 5.75 Å². The van der Waals surface area contributed by atoms with Crippen LogP contribution in [-0.2, 0) is 6.42 Å². The van der Waals surface area contributed by atoms with Gasteiger partial charge in [-0.05, 0) is 24.6 Å². The summed E-state index contributed by atoms with van der Waals surface area (Å²) in [6.07, 6.45) is 5.89. The lowest BCUT2D eigenvalue weighted by atomic mass is 10.0. The maximum absolute atomic E-state index is 5.74. The van der Waals surface area contributed by atoms with E-state index >= 15 is 0 Å². The molecule has 148 valence electrons. The predicted octanol–water partition coefficient (Wildman–Crippen LogP) is 3.49. The molecule has 0 aliphatic carbocycles. The summed E-state index contributed by atoms with van der Waals surface area (Å²) >= 11 is 0.